The predicted molar refractivity (Wildman–Crippen MR) is 154 cm³/mol. The smallest absolute Gasteiger partial charge is 0.185 e. The van der Waals surface area contributed by atoms with E-state index in [9.17, 15) is 0 Å². The van der Waals surface area contributed by atoms with Crippen LogP contribution in [0.25, 0.3) is 33.0 Å². The molecule has 38 heavy (non-hydrogen) atoms. The summed E-state index contributed by atoms with van der Waals surface area (Å²) in [7, 11) is -3.25. The van der Waals surface area contributed by atoms with E-state index in [0.29, 0.717) is 33.6 Å². The van der Waals surface area contributed by atoms with Gasteiger partial charge < -0.3 is 14.0 Å². The Kier molecular flexibility index (Phi) is 4.50. The van der Waals surface area contributed by atoms with Crippen molar-refractivity contribution in [2.24, 2.45) is 0 Å². The molecule has 4 heteroatoms. The molecular formula is C34H21O3P. The van der Waals surface area contributed by atoms with Gasteiger partial charge >= 0.3 is 0 Å². The third-order valence-corrected chi connectivity index (χ3v) is 10.7. The van der Waals surface area contributed by atoms with E-state index >= 15 is 4.57 Å². The zero-order valence-electron chi connectivity index (χ0n) is 20.3. The molecule has 2 aliphatic heterocycles. The molecule has 6 aromatic rings. The van der Waals surface area contributed by atoms with E-state index < -0.39 is 7.14 Å². The molecule has 0 amide bonds. The van der Waals surface area contributed by atoms with Crippen LogP contribution in [0.1, 0.15) is 0 Å². The largest absolute Gasteiger partial charge is 0.456 e. The van der Waals surface area contributed by atoms with Crippen molar-refractivity contribution in [2.45, 2.75) is 0 Å². The maximum Gasteiger partial charge on any atom is 0.185 e. The van der Waals surface area contributed by atoms with Gasteiger partial charge in [-0.15, -0.1) is 0 Å². The van der Waals surface area contributed by atoms with Crippen molar-refractivity contribution in [3.8, 4) is 45.3 Å². The van der Waals surface area contributed by atoms with Gasteiger partial charge in [0.2, 0.25) is 0 Å². The van der Waals surface area contributed by atoms with Gasteiger partial charge in [-0.2, -0.15) is 0 Å². The molecule has 1 atom stereocenters. The van der Waals surface area contributed by atoms with Crippen molar-refractivity contribution in [1.82, 2.24) is 0 Å². The first-order valence-corrected chi connectivity index (χ1v) is 14.3. The molecule has 180 valence electrons. The first-order valence-electron chi connectivity index (χ1n) is 12.6. The second-order valence-corrected chi connectivity index (χ2v) is 12.3. The number of fused-ring (bicyclic) bond motifs is 6. The second-order valence-electron chi connectivity index (χ2n) is 9.65. The van der Waals surface area contributed by atoms with E-state index in [1.165, 1.54) is 0 Å². The summed E-state index contributed by atoms with van der Waals surface area (Å²) in [5, 5.41) is 4.07. The van der Waals surface area contributed by atoms with Gasteiger partial charge in [-0.05, 0) is 58.0 Å². The molecule has 0 N–H and O–H groups in total. The van der Waals surface area contributed by atoms with E-state index in [1.807, 2.05) is 97.1 Å². The van der Waals surface area contributed by atoms with Gasteiger partial charge in [0.1, 0.15) is 28.3 Å². The SMILES string of the molecule is O=P12c3ccccc3Oc3cc(-c4ccccc4-c4ccccc4)cc(c31)Oc1c2ccc2ccccc12. The number of hydrogen-bond donors (Lipinski definition) is 0. The first-order chi connectivity index (χ1) is 18.7. The van der Waals surface area contributed by atoms with Crippen LogP contribution in [0.3, 0.4) is 0 Å². The van der Waals surface area contributed by atoms with Crippen molar-refractivity contribution in [3.63, 3.8) is 0 Å². The molecule has 3 nitrogen and oxygen atoms in total. The summed E-state index contributed by atoms with van der Waals surface area (Å²) in [6.45, 7) is 0. The van der Waals surface area contributed by atoms with Crippen molar-refractivity contribution in [1.29, 1.82) is 0 Å². The van der Waals surface area contributed by atoms with Gasteiger partial charge in [0, 0.05) is 5.39 Å². The minimum atomic E-state index is -3.25. The Morgan fingerprint density at radius 2 is 1.16 bits per heavy atom. The Balaban J connectivity index is 1.44. The third kappa shape index (κ3) is 2.94. The van der Waals surface area contributed by atoms with Gasteiger partial charge in [-0.1, -0.05) is 97.1 Å². The average Bonchev–Trinajstić information content (AvgIpc) is 2.97. The molecule has 0 aliphatic carbocycles. The van der Waals surface area contributed by atoms with Crippen molar-refractivity contribution in [2.75, 3.05) is 0 Å². The van der Waals surface area contributed by atoms with Gasteiger partial charge in [0.05, 0.1) is 10.6 Å². The van der Waals surface area contributed by atoms with E-state index in [-0.39, 0.29) is 0 Å². The van der Waals surface area contributed by atoms with Gasteiger partial charge in [-0.25, -0.2) is 0 Å². The molecule has 2 aliphatic rings. The number of rotatable bonds is 2. The molecule has 0 spiro atoms. The Labute approximate surface area is 220 Å². The fraction of sp³-hybridized carbons (Fsp3) is 0. The summed E-state index contributed by atoms with van der Waals surface area (Å²) in [4.78, 5) is 0. The summed E-state index contributed by atoms with van der Waals surface area (Å²) in [5.41, 5.74) is 4.25. The van der Waals surface area contributed by atoms with Gasteiger partial charge in [0.15, 0.2) is 7.14 Å². The number of benzene rings is 6. The van der Waals surface area contributed by atoms with E-state index in [1.54, 1.807) is 0 Å². The second kappa shape index (κ2) is 7.95. The molecule has 6 aromatic carbocycles. The molecular weight excluding hydrogens is 487 g/mol. The lowest BCUT2D eigenvalue weighted by molar-refractivity contribution is 0.464. The van der Waals surface area contributed by atoms with Crippen LogP contribution in [0.4, 0.5) is 0 Å². The van der Waals surface area contributed by atoms with Crippen LogP contribution >= 0.6 is 7.14 Å². The highest BCUT2D eigenvalue weighted by molar-refractivity contribution is 7.86. The number of hydrogen-bond acceptors (Lipinski definition) is 3. The fourth-order valence-electron chi connectivity index (χ4n) is 5.80. The highest BCUT2D eigenvalue weighted by Crippen LogP contribution is 2.60. The van der Waals surface area contributed by atoms with E-state index in [2.05, 4.69) is 30.3 Å². The van der Waals surface area contributed by atoms with Crippen LogP contribution in [0.15, 0.2) is 127 Å². The highest BCUT2D eigenvalue weighted by atomic mass is 31.2. The summed E-state index contributed by atoms with van der Waals surface area (Å²) < 4.78 is 28.5. The maximum atomic E-state index is 15.4. The third-order valence-electron chi connectivity index (χ3n) is 7.51. The van der Waals surface area contributed by atoms with Crippen LogP contribution in [0, 0.1) is 0 Å². The molecule has 0 bridgehead atoms. The minimum Gasteiger partial charge on any atom is -0.456 e. The van der Waals surface area contributed by atoms with Crippen LogP contribution in [-0.4, -0.2) is 0 Å². The fourth-order valence-corrected chi connectivity index (χ4v) is 8.84. The first kappa shape index (κ1) is 21.5. The topological polar surface area (TPSA) is 35.5 Å². The predicted octanol–water partition coefficient (Wildman–Crippen LogP) is 8.02. The minimum absolute atomic E-state index is 0.584. The Morgan fingerprint density at radius 3 is 2.00 bits per heavy atom. The summed E-state index contributed by atoms with van der Waals surface area (Å²) >= 11 is 0. The van der Waals surface area contributed by atoms with Gasteiger partial charge in [0.25, 0.3) is 0 Å². The Hall–Kier alpha value is -4.59. The summed E-state index contributed by atoms with van der Waals surface area (Å²) in [6.07, 6.45) is 0. The molecule has 0 fully saturated rings. The van der Waals surface area contributed by atoms with Gasteiger partial charge in [-0.3, -0.25) is 0 Å². The molecule has 2 heterocycles. The van der Waals surface area contributed by atoms with Crippen LogP contribution in [0.2, 0.25) is 0 Å². The van der Waals surface area contributed by atoms with E-state index in [4.69, 9.17) is 9.47 Å². The number of para-hydroxylation sites is 1. The van der Waals surface area contributed by atoms with Crippen molar-refractivity contribution < 1.29 is 14.0 Å². The average molecular weight is 509 g/mol. The molecule has 0 saturated carbocycles. The lowest BCUT2D eigenvalue weighted by Gasteiger charge is -2.35. The molecule has 1 unspecified atom stereocenters. The Morgan fingerprint density at radius 1 is 0.500 bits per heavy atom. The molecule has 0 saturated heterocycles. The van der Waals surface area contributed by atoms with Crippen molar-refractivity contribution in [3.05, 3.63) is 127 Å². The normalized spacial score (nSPS) is 16.5. The molecule has 0 radical (unpaired) electrons. The molecule has 8 rings (SSSR count). The summed E-state index contributed by atoms with van der Waals surface area (Å²) in [6, 6.07) is 42.5. The summed E-state index contributed by atoms with van der Waals surface area (Å²) in [5.74, 6) is 2.46. The van der Waals surface area contributed by atoms with E-state index in [0.717, 1.165) is 38.3 Å². The zero-order valence-corrected chi connectivity index (χ0v) is 21.2. The maximum absolute atomic E-state index is 15.4. The van der Waals surface area contributed by atoms with Crippen molar-refractivity contribution >= 4 is 33.8 Å². The molecule has 0 aromatic heterocycles. The van der Waals surface area contributed by atoms with Crippen LogP contribution in [-0.2, 0) is 4.57 Å². The highest BCUT2D eigenvalue weighted by Gasteiger charge is 2.47. The quantitative estimate of drug-likeness (QED) is 0.222. The number of ether oxygens (including phenoxy) is 2. The van der Waals surface area contributed by atoms with Crippen LogP contribution in [0.5, 0.6) is 23.0 Å². The lowest BCUT2D eigenvalue weighted by Crippen LogP contribution is -2.35. The standard InChI is InChI=1S/C34H21O3P/c35-38-31-17-9-8-16-28(31)36-29-20-24(26-14-7-6-13-25(26)22-10-2-1-3-11-22)21-30(34(29)38)37-33-27-15-5-4-12-23(27)18-19-32(33)38/h1-21H. The Bertz CT molecular complexity index is 1960. The monoisotopic (exact) mass is 508 g/mol. The zero-order chi connectivity index (χ0) is 25.3. The van der Waals surface area contributed by atoms with Crippen LogP contribution < -0.4 is 25.4 Å². The lowest BCUT2D eigenvalue weighted by atomic mass is 9.94.